The number of hydrogen-bond donors (Lipinski definition) is 1. The van der Waals surface area contributed by atoms with E-state index in [1.807, 2.05) is 12.1 Å². The fourth-order valence-electron chi connectivity index (χ4n) is 4.71. The maximum absolute atomic E-state index is 13.2. The van der Waals surface area contributed by atoms with Crippen molar-refractivity contribution >= 4 is 23.5 Å². The lowest BCUT2D eigenvalue weighted by Crippen LogP contribution is -2.31. The van der Waals surface area contributed by atoms with Crippen molar-refractivity contribution < 1.29 is 19.0 Å². The Kier molecular flexibility index (Phi) is 6.42. The summed E-state index contributed by atoms with van der Waals surface area (Å²) >= 11 is 1.57. The normalized spacial score (nSPS) is 16.9. The molecule has 182 valence electrons. The number of fused-ring (bicyclic) bond motifs is 1. The quantitative estimate of drug-likeness (QED) is 0.465. The van der Waals surface area contributed by atoms with Crippen LogP contribution in [-0.2, 0) is 10.5 Å². The number of carbonyl (C=O) groups is 1. The molecule has 5 rings (SSSR count). The zero-order valence-electron chi connectivity index (χ0n) is 20.3. The number of Topliss-reactive ketones (excluding diaryl/α,β-unsaturated/α-hetero) is 1. The molecule has 2 aliphatic rings. The zero-order valence-corrected chi connectivity index (χ0v) is 21.1. The van der Waals surface area contributed by atoms with E-state index in [4.69, 9.17) is 24.3 Å². The summed E-state index contributed by atoms with van der Waals surface area (Å²) < 4.78 is 18.5. The third kappa shape index (κ3) is 4.36. The average molecular weight is 493 g/mol. The van der Waals surface area contributed by atoms with Gasteiger partial charge < -0.3 is 19.5 Å². The first-order valence-electron chi connectivity index (χ1n) is 11.5. The van der Waals surface area contributed by atoms with E-state index in [1.54, 1.807) is 37.8 Å². The molecule has 0 spiro atoms. The van der Waals surface area contributed by atoms with Gasteiger partial charge in [0, 0.05) is 23.4 Å². The summed E-state index contributed by atoms with van der Waals surface area (Å²) in [6.45, 7) is 2.08. The van der Waals surface area contributed by atoms with Crippen LogP contribution < -0.4 is 19.5 Å². The average Bonchev–Trinajstić information content (AvgIpc) is 3.28. The van der Waals surface area contributed by atoms with Crippen molar-refractivity contribution in [2.24, 2.45) is 0 Å². The van der Waals surface area contributed by atoms with Gasteiger partial charge >= 0.3 is 0 Å². The molecule has 0 bridgehead atoms. The number of aromatic nitrogens is 3. The van der Waals surface area contributed by atoms with E-state index in [-0.39, 0.29) is 5.78 Å². The number of hydrogen-bond acceptors (Lipinski definition) is 8. The van der Waals surface area contributed by atoms with Gasteiger partial charge in [-0.25, -0.2) is 4.68 Å². The van der Waals surface area contributed by atoms with E-state index < -0.39 is 6.04 Å². The number of allylic oxidation sites excluding steroid dienone is 2. The molecule has 2 aromatic carbocycles. The van der Waals surface area contributed by atoms with E-state index in [9.17, 15) is 4.79 Å². The molecular weight excluding hydrogens is 464 g/mol. The predicted octanol–water partition coefficient (Wildman–Crippen LogP) is 4.93. The van der Waals surface area contributed by atoms with E-state index in [2.05, 4.69) is 36.5 Å². The maximum atomic E-state index is 13.2. The van der Waals surface area contributed by atoms with Gasteiger partial charge in [0.05, 0.1) is 21.3 Å². The van der Waals surface area contributed by atoms with E-state index in [0.29, 0.717) is 34.8 Å². The summed E-state index contributed by atoms with van der Waals surface area (Å²) in [6.07, 6.45) is 2.12. The molecule has 0 radical (unpaired) electrons. The van der Waals surface area contributed by atoms with Crippen molar-refractivity contribution in [2.45, 2.75) is 43.1 Å². The topological polar surface area (TPSA) is 87.5 Å². The van der Waals surface area contributed by atoms with E-state index in [1.165, 1.54) is 11.1 Å². The third-order valence-electron chi connectivity index (χ3n) is 6.30. The van der Waals surface area contributed by atoms with Gasteiger partial charge in [0.2, 0.25) is 16.9 Å². The summed E-state index contributed by atoms with van der Waals surface area (Å²) in [5, 5.41) is 8.87. The van der Waals surface area contributed by atoms with Gasteiger partial charge in [-0.15, -0.1) is 5.10 Å². The highest BCUT2D eigenvalue weighted by Crippen LogP contribution is 2.45. The standard InChI is InChI=1S/C26H28N4O4S/c1-15-7-5-8-16(11-15)14-35-26-28-25-27-18-9-6-10-19(31)22(18)23(30(25)29-26)17-12-20(32-2)24(34-4)21(13-17)33-3/h5,7-8,11-13,23H,6,9-10,14H2,1-4H3,(H,27,28,29)/t23-/m1/s1. The molecule has 1 atom stereocenters. The van der Waals surface area contributed by atoms with Crippen LogP contribution in [0.3, 0.4) is 0 Å². The molecule has 0 unspecified atom stereocenters. The summed E-state index contributed by atoms with van der Waals surface area (Å²) in [6, 6.07) is 11.7. The number of methoxy groups -OCH3 is 3. The molecule has 1 N–H and O–H groups in total. The Morgan fingerprint density at radius 3 is 2.54 bits per heavy atom. The summed E-state index contributed by atoms with van der Waals surface area (Å²) in [4.78, 5) is 17.9. The molecule has 0 fully saturated rings. The van der Waals surface area contributed by atoms with Crippen LogP contribution in [0.25, 0.3) is 0 Å². The second-order valence-electron chi connectivity index (χ2n) is 8.60. The lowest BCUT2D eigenvalue weighted by molar-refractivity contribution is -0.116. The highest BCUT2D eigenvalue weighted by Gasteiger charge is 2.37. The number of nitrogens with zero attached hydrogens (tertiary/aromatic N) is 3. The zero-order chi connectivity index (χ0) is 24.5. The van der Waals surface area contributed by atoms with Crippen molar-refractivity contribution in [2.75, 3.05) is 26.6 Å². The van der Waals surface area contributed by atoms with Crippen molar-refractivity contribution in [1.82, 2.24) is 14.8 Å². The molecule has 0 amide bonds. The van der Waals surface area contributed by atoms with Crippen molar-refractivity contribution in [3.8, 4) is 17.2 Å². The molecule has 1 aliphatic carbocycles. The number of aryl methyl sites for hydroxylation is 1. The van der Waals surface area contributed by atoms with Crippen molar-refractivity contribution in [1.29, 1.82) is 0 Å². The Labute approximate surface area is 208 Å². The molecule has 2 heterocycles. The number of benzene rings is 2. The number of nitrogens with one attached hydrogen (secondary N) is 1. The molecular formula is C26H28N4O4S. The van der Waals surface area contributed by atoms with E-state index in [0.717, 1.165) is 35.4 Å². The SMILES string of the molecule is COc1cc([C@@H]2C3=C(CCCC3=O)Nc3nc(SCc4cccc(C)c4)nn32)cc(OC)c1OC. The van der Waals surface area contributed by atoms with Crippen LogP contribution in [0.15, 0.2) is 52.8 Å². The molecule has 8 nitrogen and oxygen atoms in total. The summed E-state index contributed by atoms with van der Waals surface area (Å²) in [5.74, 6) is 3.07. The van der Waals surface area contributed by atoms with Gasteiger partial charge in [0.25, 0.3) is 0 Å². The van der Waals surface area contributed by atoms with Gasteiger partial charge in [0.1, 0.15) is 6.04 Å². The summed E-state index contributed by atoms with van der Waals surface area (Å²) in [5.41, 5.74) is 4.89. The Morgan fingerprint density at radius 2 is 1.86 bits per heavy atom. The highest BCUT2D eigenvalue weighted by atomic mass is 32.2. The minimum atomic E-state index is -0.441. The van der Waals surface area contributed by atoms with Crippen molar-refractivity contribution in [3.05, 3.63) is 64.4 Å². The molecule has 1 aromatic heterocycles. The number of anilines is 1. The molecule has 0 saturated carbocycles. The third-order valence-corrected chi connectivity index (χ3v) is 7.21. The van der Waals surface area contributed by atoms with Gasteiger partial charge in [0.15, 0.2) is 17.3 Å². The van der Waals surface area contributed by atoms with Crippen LogP contribution in [0.2, 0.25) is 0 Å². The fraction of sp³-hybridized carbons (Fsp3) is 0.346. The summed E-state index contributed by atoms with van der Waals surface area (Å²) in [7, 11) is 4.74. The van der Waals surface area contributed by atoms with Crippen LogP contribution >= 0.6 is 11.8 Å². The minimum Gasteiger partial charge on any atom is -0.493 e. The first-order valence-corrected chi connectivity index (χ1v) is 12.5. The Balaban J connectivity index is 1.57. The second-order valence-corrected chi connectivity index (χ2v) is 9.54. The first kappa shape index (κ1) is 23.3. The molecule has 1 aliphatic heterocycles. The number of rotatable bonds is 7. The molecule has 35 heavy (non-hydrogen) atoms. The number of ether oxygens (including phenoxy) is 3. The monoisotopic (exact) mass is 492 g/mol. The highest BCUT2D eigenvalue weighted by molar-refractivity contribution is 7.98. The molecule has 0 saturated heterocycles. The van der Waals surface area contributed by atoms with Crippen LogP contribution in [0, 0.1) is 6.92 Å². The number of thioether (sulfide) groups is 1. The van der Waals surface area contributed by atoms with E-state index >= 15 is 0 Å². The van der Waals surface area contributed by atoms with Crippen molar-refractivity contribution in [3.63, 3.8) is 0 Å². The van der Waals surface area contributed by atoms with Gasteiger partial charge in [-0.1, -0.05) is 41.6 Å². The first-order chi connectivity index (χ1) is 17.0. The van der Waals surface area contributed by atoms with Crippen LogP contribution in [-0.4, -0.2) is 41.9 Å². The Hall–Kier alpha value is -3.46. The van der Waals surface area contributed by atoms with Crippen LogP contribution in [0.5, 0.6) is 17.2 Å². The van der Waals surface area contributed by atoms with Crippen LogP contribution in [0.4, 0.5) is 5.95 Å². The van der Waals surface area contributed by atoms with Gasteiger partial charge in [-0.2, -0.15) is 4.98 Å². The fourth-order valence-corrected chi connectivity index (χ4v) is 5.49. The predicted molar refractivity (Wildman–Crippen MR) is 135 cm³/mol. The number of ketones is 1. The Bertz CT molecular complexity index is 1290. The number of carbonyl (C=O) groups excluding carboxylic acids is 1. The lowest BCUT2D eigenvalue weighted by atomic mass is 9.85. The second kappa shape index (κ2) is 9.65. The Morgan fingerprint density at radius 1 is 1.09 bits per heavy atom. The minimum absolute atomic E-state index is 0.118. The van der Waals surface area contributed by atoms with Crippen LogP contribution in [0.1, 0.15) is 42.0 Å². The maximum Gasteiger partial charge on any atom is 0.227 e. The molecule has 9 heteroatoms. The smallest absolute Gasteiger partial charge is 0.227 e. The largest absolute Gasteiger partial charge is 0.493 e. The van der Waals surface area contributed by atoms with Gasteiger partial charge in [-0.3, -0.25) is 4.79 Å². The lowest BCUT2D eigenvalue weighted by Gasteiger charge is -2.32. The van der Waals surface area contributed by atoms with Gasteiger partial charge in [-0.05, 0) is 43.0 Å². The molecule has 3 aromatic rings.